The Morgan fingerprint density at radius 2 is 2.14 bits per heavy atom. The van der Waals surface area contributed by atoms with Gasteiger partial charge in [0.25, 0.3) is 5.56 Å². The Bertz CT molecular complexity index is 875. The molecule has 0 aliphatic heterocycles. The van der Waals surface area contributed by atoms with Gasteiger partial charge >= 0.3 is 0 Å². The van der Waals surface area contributed by atoms with Crippen molar-refractivity contribution in [1.82, 2.24) is 9.38 Å². The van der Waals surface area contributed by atoms with Crippen LogP contribution < -0.4 is 10.5 Å². The van der Waals surface area contributed by atoms with Gasteiger partial charge in [-0.3, -0.25) is 9.20 Å². The van der Waals surface area contributed by atoms with Crippen LogP contribution in [0.2, 0.25) is 10.0 Å². The van der Waals surface area contributed by atoms with Gasteiger partial charge in [0.05, 0.1) is 17.1 Å². The Hall–Kier alpha value is -1.40. The highest BCUT2D eigenvalue weighted by atomic mass is 35.5. The first-order chi connectivity index (χ1) is 10.5. The minimum Gasteiger partial charge on any atom is -0.329 e. The normalized spacial score (nSPS) is 12.7. The number of rotatable bonds is 4. The fourth-order valence-electron chi connectivity index (χ4n) is 2.36. The zero-order valence-corrected chi connectivity index (χ0v) is 14.2. The van der Waals surface area contributed by atoms with E-state index in [-0.39, 0.29) is 5.56 Å². The third-order valence-corrected chi connectivity index (χ3v) is 4.98. The quantitative estimate of drug-likeness (QED) is 0.780. The van der Waals surface area contributed by atoms with Crippen molar-refractivity contribution in [1.29, 1.82) is 0 Å². The molecule has 2 heterocycles. The van der Waals surface area contributed by atoms with Crippen molar-refractivity contribution in [2.24, 2.45) is 0 Å². The van der Waals surface area contributed by atoms with Gasteiger partial charge in [0.15, 0.2) is 4.96 Å². The lowest BCUT2D eigenvalue weighted by Gasteiger charge is -2.14. The lowest BCUT2D eigenvalue weighted by molar-refractivity contribution is -0.908. The zero-order valence-electron chi connectivity index (χ0n) is 11.8. The number of aromatic nitrogens is 2. The number of halogens is 2. The second-order valence-electron chi connectivity index (χ2n) is 5.16. The Morgan fingerprint density at radius 1 is 1.32 bits per heavy atom. The maximum Gasteiger partial charge on any atom is 0.258 e. The molecular weight excluding hydrogens is 341 g/mol. The predicted octanol–water partition coefficient (Wildman–Crippen LogP) is 2.28. The molecule has 0 radical (unpaired) electrons. The Labute approximate surface area is 141 Å². The summed E-state index contributed by atoms with van der Waals surface area (Å²) < 4.78 is 1.55. The van der Waals surface area contributed by atoms with Crippen LogP contribution in [-0.4, -0.2) is 16.4 Å². The van der Waals surface area contributed by atoms with Crippen LogP contribution in [-0.2, 0) is 13.1 Å². The maximum absolute atomic E-state index is 12.0. The highest BCUT2D eigenvalue weighted by molar-refractivity contribution is 7.15. The van der Waals surface area contributed by atoms with Crippen LogP contribution in [0.4, 0.5) is 0 Å². The molecular formula is C15H14Cl2N3OS+. The van der Waals surface area contributed by atoms with Crippen LogP contribution >= 0.6 is 34.5 Å². The van der Waals surface area contributed by atoms with Crippen LogP contribution in [0.3, 0.4) is 0 Å². The first-order valence-electron chi connectivity index (χ1n) is 6.74. The molecule has 1 aromatic carbocycles. The number of nitrogens with zero attached hydrogens (tertiary/aromatic N) is 2. The smallest absolute Gasteiger partial charge is 0.258 e. The summed E-state index contributed by atoms with van der Waals surface area (Å²) in [6, 6.07) is 7.21. The molecule has 3 rings (SSSR count). The number of quaternary nitrogens is 1. The molecule has 1 unspecified atom stereocenters. The summed E-state index contributed by atoms with van der Waals surface area (Å²) in [7, 11) is 2.04. The molecule has 0 aliphatic rings. The van der Waals surface area contributed by atoms with E-state index in [1.54, 1.807) is 22.7 Å². The van der Waals surface area contributed by atoms with E-state index in [9.17, 15) is 4.79 Å². The van der Waals surface area contributed by atoms with E-state index in [2.05, 4.69) is 4.98 Å². The van der Waals surface area contributed by atoms with Crippen molar-refractivity contribution >= 4 is 39.5 Å². The van der Waals surface area contributed by atoms with Crippen LogP contribution in [0.5, 0.6) is 0 Å². The topological polar surface area (TPSA) is 38.8 Å². The maximum atomic E-state index is 12.0. The molecule has 7 heteroatoms. The minimum atomic E-state index is -0.0464. The average molecular weight is 355 g/mol. The SMILES string of the molecule is C[NH+](Cc1cc(=O)n2ccsc2n1)Cc1cccc(Cl)c1Cl. The number of hydrogen-bond acceptors (Lipinski definition) is 3. The van der Waals surface area contributed by atoms with E-state index >= 15 is 0 Å². The van der Waals surface area contributed by atoms with Gasteiger partial charge in [-0.25, -0.2) is 4.98 Å². The number of nitrogens with one attached hydrogen (secondary N) is 1. The van der Waals surface area contributed by atoms with E-state index in [1.165, 1.54) is 16.2 Å². The molecule has 0 amide bonds. The lowest BCUT2D eigenvalue weighted by atomic mass is 10.2. The molecule has 0 spiro atoms. The van der Waals surface area contributed by atoms with E-state index in [0.717, 1.165) is 16.2 Å². The van der Waals surface area contributed by atoms with Gasteiger partial charge in [0.2, 0.25) is 0 Å². The van der Waals surface area contributed by atoms with Gasteiger partial charge < -0.3 is 4.90 Å². The summed E-state index contributed by atoms with van der Waals surface area (Å²) in [5.41, 5.74) is 1.72. The highest BCUT2D eigenvalue weighted by Gasteiger charge is 2.12. The van der Waals surface area contributed by atoms with Gasteiger partial charge in [-0.1, -0.05) is 35.3 Å². The molecule has 4 nitrogen and oxygen atoms in total. The summed E-state index contributed by atoms with van der Waals surface area (Å²) in [5.74, 6) is 0. The van der Waals surface area contributed by atoms with Gasteiger partial charge in [-0.2, -0.15) is 0 Å². The molecule has 114 valence electrons. The van der Waals surface area contributed by atoms with Crippen LogP contribution in [0.15, 0.2) is 40.6 Å². The molecule has 0 fully saturated rings. The lowest BCUT2D eigenvalue weighted by Crippen LogP contribution is -3.06. The molecule has 1 atom stereocenters. The Kier molecular flexibility index (Phi) is 4.49. The first-order valence-corrected chi connectivity index (χ1v) is 8.38. The molecule has 3 aromatic rings. The number of hydrogen-bond donors (Lipinski definition) is 1. The molecule has 0 saturated carbocycles. The molecule has 22 heavy (non-hydrogen) atoms. The van der Waals surface area contributed by atoms with E-state index in [1.807, 2.05) is 24.6 Å². The van der Waals surface area contributed by atoms with Crippen molar-refractivity contribution in [3.63, 3.8) is 0 Å². The summed E-state index contributed by atoms with van der Waals surface area (Å²) in [6.07, 6.45) is 1.74. The van der Waals surface area contributed by atoms with Crippen LogP contribution in [0.25, 0.3) is 4.96 Å². The first kappa shape index (κ1) is 15.5. The number of thiazole rings is 1. The largest absolute Gasteiger partial charge is 0.329 e. The standard InChI is InChI=1S/C15H13Cl2N3OS/c1-19(8-10-3-2-4-12(16)14(10)17)9-11-7-13(21)20-5-6-22-15(20)18-11/h2-7H,8-9H2,1H3/p+1. The number of fused-ring (bicyclic) bond motifs is 1. The fraction of sp³-hybridized carbons (Fsp3) is 0.200. The van der Waals surface area contributed by atoms with E-state index < -0.39 is 0 Å². The van der Waals surface area contributed by atoms with Gasteiger partial charge in [-0.15, -0.1) is 11.3 Å². The van der Waals surface area contributed by atoms with E-state index in [4.69, 9.17) is 23.2 Å². The van der Waals surface area contributed by atoms with Crippen molar-refractivity contribution in [2.75, 3.05) is 7.05 Å². The van der Waals surface area contributed by atoms with Crippen LogP contribution in [0, 0.1) is 0 Å². The number of benzene rings is 1. The van der Waals surface area contributed by atoms with Crippen molar-refractivity contribution < 1.29 is 4.90 Å². The highest BCUT2D eigenvalue weighted by Crippen LogP contribution is 2.24. The fourth-order valence-corrected chi connectivity index (χ4v) is 3.49. The second-order valence-corrected chi connectivity index (χ2v) is 6.82. The van der Waals surface area contributed by atoms with Crippen molar-refractivity contribution in [2.45, 2.75) is 13.1 Å². The summed E-state index contributed by atoms with van der Waals surface area (Å²) in [5, 5.41) is 3.00. The zero-order chi connectivity index (χ0) is 15.7. The average Bonchev–Trinajstić information content (AvgIpc) is 2.93. The summed E-state index contributed by atoms with van der Waals surface area (Å²) in [6.45, 7) is 1.36. The predicted molar refractivity (Wildman–Crippen MR) is 90.1 cm³/mol. The third-order valence-electron chi connectivity index (χ3n) is 3.36. The monoisotopic (exact) mass is 354 g/mol. The Balaban J connectivity index is 1.79. The minimum absolute atomic E-state index is 0.0464. The van der Waals surface area contributed by atoms with Crippen molar-refractivity contribution in [3.05, 3.63) is 67.5 Å². The van der Waals surface area contributed by atoms with E-state index in [0.29, 0.717) is 23.1 Å². The van der Waals surface area contributed by atoms with Gasteiger partial charge in [-0.05, 0) is 6.07 Å². The molecule has 0 bridgehead atoms. The van der Waals surface area contributed by atoms with Crippen molar-refractivity contribution in [3.8, 4) is 0 Å². The molecule has 0 aliphatic carbocycles. The second kappa shape index (κ2) is 6.38. The van der Waals surface area contributed by atoms with Gasteiger partial charge in [0.1, 0.15) is 18.8 Å². The summed E-state index contributed by atoms with van der Waals surface area (Å²) >= 11 is 13.7. The molecule has 2 aromatic heterocycles. The van der Waals surface area contributed by atoms with Gasteiger partial charge in [0, 0.05) is 23.2 Å². The Morgan fingerprint density at radius 3 is 2.95 bits per heavy atom. The van der Waals surface area contributed by atoms with Crippen LogP contribution in [0.1, 0.15) is 11.3 Å². The molecule has 1 N–H and O–H groups in total. The summed E-state index contributed by atoms with van der Waals surface area (Å²) in [4.78, 5) is 18.4. The third kappa shape index (κ3) is 3.17. The molecule has 0 saturated heterocycles.